The van der Waals surface area contributed by atoms with Crippen molar-refractivity contribution in [3.05, 3.63) is 48.6 Å². The lowest BCUT2D eigenvalue weighted by Crippen LogP contribution is -2.45. The van der Waals surface area contributed by atoms with Crippen LogP contribution >= 0.6 is 0 Å². The van der Waals surface area contributed by atoms with E-state index in [9.17, 15) is 19.8 Å². The van der Waals surface area contributed by atoms with Crippen molar-refractivity contribution in [1.29, 1.82) is 0 Å². The molecule has 0 saturated carbocycles. The Bertz CT molecular complexity index is 1500. The zero-order chi connectivity index (χ0) is 64.9. The number of rotatable bonds is 77. The Balaban J connectivity index is 3.36. The quantitative estimate of drug-likeness (QED) is 0.0320. The molecule has 0 aliphatic rings. The van der Waals surface area contributed by atoms with E-state index in [2.05, 4.69) is 55.6 Å². The van der Waals surface area contributed by atoms with Crippen molar-refractivity contribution in [2.75, 3.05) is 13.2 Å². The van der Waals surface area contributed by atoms with Crippen molar-refractivity contribution in [2.24, 2.45) is 0 Å². The molecule has 6 heteroatoms. The molecule has 0 aliphatic carbocycles. The summed E-state index contributed by atoms with van der Waals surface area (Å²) in [5.41, 5.74) is 0. The van der Waals surface area contributed by atoms with Gasteiger partial charge in [0, 0.05) is 12.8 Å². The topological polar surface area (TPSA) is 95.9 Å². The molecule has 0 radical (unpaired) electrons. The number of aliphatic hydroxyl groups excluding tert-OH is 2. The van der Waals surface area contributed by atoms with Crippen LogP contribution in [0.3, 0.4) is 0 Å². The molecule has 0 aromatic rings. The number of carbonyl (C=O) groups is 2. The molecule has 0 saturated heterocycles. The highest BCUT2D eigenvalue weighted by Crippen LogP contribution is 2.19. The second-order valence-electron chi connectivity index (χ2n) is 28.1. The van der Waals surface area contributed by atoms with Crippen molar-refractivity contribution < 1.29 is 24.5 Å². The molecule has 0 fully saturated rings. The summed E-state index contributed by atoms with van der Waals surface area (Å²) < 4.78 is 5.51. The van der Waals surface area contributed by atoms with Crippen LogP contribution in [0.15, 0.2) is 48.6 Å². The first-order chi connectivity index (χ1) is 44.5. The van der Waals surface area contributed by atoms with E-state index in [-0.39, 0.29) is 18.5 Å². The van der Waals surface area contributed by atoms with Gasteiger partial charge in [-0.05, 0) is 89.9 Å². The molecule has 0 aromatic heterocycles. The highest BCUT2D eigenvalue weighted by Gasteiger charge is 2.18. The van der Waals surface area contributed by atoms with Crippen molar-refractivity contribution in [3.63, 3.8) is 0 Å². The Labute approximate surface area is 563 Å². The molecular formula is C84H159NO5. The molecule has 0 rings (SSSR count). The van der Waals surface area contributed by atoms with Crippen LogP contribution in [-0.2, 0) is 14.3 Å². The molecule has 1 amide bonds. The van der Waals surface area contributed by atoms with Gasteiger partial charge in [0.15, 0.2) is 0 Å². The lowest BCUT2D eigenvalue weighted by atomic mass is 10.0. The number of esters is 1. The molecule has 530 valence electrons. The zero-order valence-electron chi connectivity index (χ0n) is 60.9. The summed E-state index contributed by atoms with van der Waals surface area (Å²) in [6, 6.07) is -0.626. The maximum absolute atomic E-state index is 12.5. The van der Waals surface area contributed by atoms with E-state index in [0.717, 1.165) is 51.4 Å². The number of unbranched alkanes of at least 4 members (excludes halogenated alkanes) is 60. The molecule has 0 spiro atoms. The molecule has 3 N–H and O–H groups in total. The first-order valence-electron chi connectivity index (χ1n) is 40.9. The average molecular weight is 1260 g/mol. The lowest BCUT2D eigenvalue weighted by Gasteiger charge is -2.20. The number of amides is 1. The summed E-state index contributed by atoms with van der Waals surface area (Å²) in [5, 5.41) is 23.2. The van der Waals surface area contributed by atoms with Crippen LogP contribution in [-0.4, -0.2) is 47.4 Å². The standard InChI is InChI=1S/C84H159NO5/c1-3-5-7-9-11-13-15-17-19-44-48-52-56-60-64-68-72-76-82(87)81(80-86)85-83(88)77-73-69-65-61-57-53-49-46-42-40-38-36-34-32-30-28-26-24-22-21-23-25-27-29-31-33-35-37-39-41-43-47-51-55-59-63-67-71-75-79-90-84(89)78-74-70-66-62-58-54-50-45-20-18-16-14-12-10-8-6-4-2/h18,20-22,25,27,72,76,81-82,86-87H,3-17,19,23-24,26,28-71,73-75,77-80H2,1-2H3,(H,85,88)/b20-18-,22-21-,27-25-,76-72+. The number of nitrogens with one attached hydrogen (secondary N) is 1. The van der Waals surface area contributed by atoms with Crippen LogP contribution in [0.2, 0.25) is 0 Å². The van der Waals surface area contributed by atoms with E-state index in [0.29, 0.717) is 19.4 Å². The number of aliphatic hydroxyl groups is 2. The SMILES string of the molecule is CCCCCCCC/C=C\CCCCCCCCCC(=O)OCCCCCCCCCCCCCCCCC/C=C\C/C=C\CCCCCCCCCCCCCCCCCCCC(=O)NC(CO)C(O)/C=C/CCCCCCCCCCCCCCCCC. The second kappa shape index (κ2) is 79.3. The monoisotopic (exact) mass is 1260 g/mol. The molecule has 6 nitrogen and oxygen atoms in total. The largest absolute Gasteiger partial charge is 0.466 e. The molecule has 0 aromatic carbocycles. The predicted octanol–water partition coefficient (Wildman–Crippen LogP) is 27.2. The van der Waals surface area contributed by atoms with Crippen LogP contribution in [0.5, 0.6) is 0 Å². The minimum atomic E-state index is -0.843. The molecule has 0 bridgehead atoms. The van der Waals surface area contributed by atoms with E-state index in [4.69, 9.17) is 4.74 Å². The normalized spacial score (nSPS) is 12.7. The molecule has 0 aliphatic heterocycles. The lowest BCUT2D eigenvalue weighted by molar-refractivity contribution is -0.143. The van der Waals surface area contributed by atoms with E-state index >= 15 is 0 Å². The van der Waals surface area contributed by atoms with Crippen LogP contribution in [0.1, 0.15) is 450 Å². The van der Waals surface area contributed by atoms with Gasteiger partial charge in [0.2, 0.25) is 5.91 Å². The molecule has 0 heterocycles. The minimum Gasteiger partial charge on any atom is -0.466 e. The summed E-state index contributed by atoms with van der Waals surface area (Å²) in [6.07, 6.45) is 105. The van der Waals surface area contributed by atoms with Crippen molar-refractivity contribution >= 4 is 11.9 Å². The Morgan fingerprint density at radius 3 is 0.856 bits per heavy atom. The third kappa shape index (κ3) is 74.9. The summed E-state index contributed by atoms with van der Waals surface area (Å²) in [5.74, 6) is -0.0443. The Hall–Kier alpha value is -2.18. The van der Waals surface area contributed by atoms with Gasteiger partial charge < -0.3 is 20.3 Å². The van der Waals surface area contributed by atoms with Crippen LogP contribution in [0.4, 0.5) is 0 Å². The van der Waals surface area contributed by atoms with Crippen molar-refractivity contribution in [3.8, 4) is 0 Å². The van der Waals surface area contributed by atoms with E-state index in [1.165, 1.54) is 372 Å². The second-order valence-corrected chi connectivity index (χ2v) is 28.1. The molecule has 90 heavy (non-hydrogen) atoms. The van der Waals surface area contributed by atoms with Crippen molar-refractivity contribution in [1.82, 2.24) is 5.32 Å². The van der Waals surface area contributed by atoms with Crippen LogP contribution in [0.25, 0.3) is 0 Å². The van der Waals surface area contributed by atoms with E-state index in [1.807, 2.05) is 6.08 Å². The fourth-order valence-electron chi connectivity index (χ4n) is 12.8. The number of ether oxygens (including phenoxy) is 1. The highest BCUT2D eigenvalue weighted by molar-refractivity contribution is 5.76. The van der Waals surface area contributed by atoms with Gasteiger partial charge in [-0.1, -0.05) is 396 Å². The third-order valence-corrected chi connectivity index (χ3v) is 19.1. The van der Waals surface area contributed by atoms with Gasteiger partial charge >= 0.3 is 5.97 Å². The molecule has 2 atom stereocenters. The fourth-order valence-corrected chi connectivity index (χ4v) is 12.8. The van der Waals surface area contributed by atoms with Gasteiger partial charge in [0.1, 0.15) is 0 Å². The summed E-state index contributed by atoms with van der Waals surface area (Å²) >= 11 is 0. The Kier molecular flexibility index (Phi) is 77.3. The van der Waals surface area contributed by atoms with Gasteiger partial charge in [-0.3, -0.25) is 9.59 Å². The number of hydrogen-bond acceptors (Lipinski definition) is 5. The minimum absolute atomic E-state index is 0.0173. The van der Waals surface area contributed by atoms with E-state index < -0.39 is 12.1 Å². The van der Waals surface area contributed by atoms with Gasteiger partial charge in [-0.15, -0.1) is 0 Å². The van der Waals surface area contributed by atoms with Crippen molar-refractivity contribution in [2.45, 2.75) is 463 Å². The van der Waals surface area contributed by atoms with Gasteiger partial charge in [-0.2, -0.15) is 0 Å². The Morgan fingerprint density at radius 1 is 0.311 bits per heavy atom. The first-order valence-corrected chi connectivity index (χ1v) is 40.9. The number of carbonyl (C=O) groups excluding carboxylic acids is 2. The maximum atomic E-state index is 12.5. The maximum Gasteiger partial charge on any atom is 0.305 e. The predicted molar refractivity (Wildman–Crippen MR) is 398 cm³/mol. The van der Waals surface area contributed by atoms with Crippen LogP contribution < -0.4 is 5.32 Å². The first kappa shape index (κ1) is 87.8. The average Bonchev–Trinajstić information content (AvgIpc) is 3.69. The Morgan fingerprint density at radius 2 is 0.556 bits per heavy atom. The van der Waals surface area contributed by atoms with Gasteiger partial charge in [0.05, 0.1) is 25.4 Å². The molecule has 2 unspecified atom stereocenters. The summed E-state index contributed by atoms with van der Waals surface area (Å²) in [7, 11) is 0. The number of allylic oxidation sites excluding steroid dienone is 7. The van der Waals surface area contributed by atoms with E-state index in [1.54, 1.807) is 6.08 Å². The zero-order valence-corrected chi connectivity index (χ0v) is 60.9. The number of hydrogen-bond donors (Lipinski definition) is 3. The third-order valence-electron chi connectivity index (χ3n) is 19.1. The smallest absolute Gasteiger partial charge is 0.305 e. The van der Waals surface area contributed by atoms with Crippen LogP contribution in [0, 0.1) is 0 Å². The fraction of sp³-hybridized carbons (Fsp3) is 0.881. The van der Waals surface area contributed by atoms with Gasteiger partial charge in [0.25, 0.3) is 0 Å². The summed E-state index contributed by atoms with van der Waals surface area (Å²) in [6.45, 7) is 4.94. The molecular weight excluding hydrogens is 1100 g/mol. The highest BCUT2D eigenvalue weighted by atomic mass is 16.5. The summed E-state index contributed by atoms with van der Waals surface area (Å²) in [4.78, 5) is 24.6. The van der Waals surface area contributed by atoms with Gasteiger partial charge in [-0.25, -0.2) is 0 Å².